The van der Waals surface area contributed by atoms with Crippen molar-refractivity contribution in [3.8, 4) is 5.75 Å². The van der Waals surface area contributed by atoms with E-state index in [9.17, 15) is 14.3 Å². The lowest BCUT2D eigenvalue weighted by Gasteiger charge is -2.11. The average molecular weight is 259 g/mol. The van der Waals surface area contributed by atoms with Crippen molar-refractivity contribution < 1.29 is 14.3 Å². The molecule has 2 N–H and O–H groups in total. The Morgan fingerprint density at radius 2 is 1.84 bits per heavy atom. The Hall–Kier alpha value is -2.36. The molecule has 2 aromatic carbocycles. The maximum atomic E-state index is 13.6. The van der Waals surface area contributed by atoms with Gasteiger partial charge in [0, 0.05) is 11.1 Å². The van der Waals surface area contributed by atoms with E-state index < -0.39 is 11.7 Å². The summed E-state index contributed by atoms with van der Waals surface area (Å²) in [7, 11) is 0. The van der Waals surface area contributed by atoms with Gasteiger partial charge >= 0.3 is 0 Å². The fourth-order valence-corrected chi connectivity index (χ4v) is 1.84. The molecule has 4 heteroatoms. The number of amides is 1. The van der Waals surface area contributed by atoms with Crippen molar-refractivity contribution in [2.24, 2.45) is 0 Å². The summed E-state index contributed by atoms with van der Waals surface area (Å²) in [6, 6.07) is 9.25. The van der Waals surface area contributed by atoms with Crippen molar-refractivity contribution in [3.63, 3.8) is 0 Å². The van der Waals surface area contributed by atoms with Crippen LogP contribution in [0.25, 0.3) is 0 Å². The fourth-order valence-electron chi connectivity index (χ4n) is 1.84. The number of aromatic hydroxyl groups is 1. The summed E-state index contributed by atoms with van der Waals surface area (Å²) in [4.78, 5) is 12.1. The normalized spacial score (nSPS) is 10.3. The Morgan fingerprint density at radius 3 is 2.53 bits per heavy atom. The zero-order valence-corrected chi connectivity index (χ0v) is 10.7. The lowest BCUT2D eigenvalue weighted by molar-refractivity contribution is 0.102. The van der Waals surface area contributed by atoms with Crippen molar-refractivity contribution in [3.05, 3.63) is 58.9 Å². The van der Waals surface area contributed by atoms with Crippen molar-refractivity contribution >= 4 is 11.6 Å². The van der Waals surface area contributed by atoms with Crippen LogP contribution in [-0.2, 0) is 0 Å². The van der Waals surface area contributed by atoms with Gasteiger partial charge in [-0.05, 0) is 37.6 Å². The molecule has 0 aromatic heterocycles. The van der Waals surface area contributed by atoms with E-state index >= 15 is 0 Å². The summed E-state index contributed by atoms with van der Waals surface area (Å²) in [6.45, 7) is 3.35. The number of anilines is 1. The van der Waals surface area contributed by atoms with E-state index in [-0.39, 0.29) is 11.4 Å². The number of aryl methyl sites for hydroxylation is 1. The summed E-state index contributed by atoms with van der Waals surface area (Å²) in [6.07, 6.45) is 0. The molecule has 0 aliphatic rings. The highest BCUT2D eigenvalue weighted by molar-refractivity contribution is 6.06. The number of hydrogen-bond acceptors (Lipinski definition) is 2. The molecule has 2 rings (SSSR count). The topological polar surface area (TPSA) is 49.3 Å². The standard InChI is InChI=1S/C15H14FNO2/c1-9-5-3-7-12(16)14(9)17-15(19)11-6-4-8-13(18)10(11)2/h3-8,18H,1-2H3,(H,17,19). The SMILES string of the molecule is Cc1cccc(F)c1NC(=O)c1cccc(O)c1C. The van der Waals surface area contributed by atoms with E-state index in [1.165, 1.54) is 12.1 Å². The van der Waals surface area contributed by atoms with Gasteiger partial charge in [0.25, 0.3) is 5.91 Å². The molecule has 0 bridgehead atoms. The molecule has 0 saturated carbocycles. The second-order valence-corrected chi connectivity index (χ2v) is 4.34. The molecule has 3 nitrogen and oxygen atoms in total. The number of carbonyl (C=O) groups is 1. The van der Waals surface area contributed by atoms with Gasteiger partial charge in [-0.25, -0.2) is 4.39 Å². The summed E-state index contributed by atoms with van der Waals surface area (Å²) < 4.78 is 13.6. The van der Waals surface area contributed by atoms with Crippen LogP contribution in [0.3, 0.4) is 0 Å². The van der Waals surface area contributed by atoms with Gasteiger partial charge in [-0.1, -0.05) is 18.2 Å². The smallest absolute Gasteiger partial charge is 0.256 e. The maximum Gasteiger partial charge on any atom is 0.256 e. The fraction of sp³-hybridized carbons (Fsp3) is 0.133. The first kappa shape index (κ1) is 13.1. The van der Waals surface area contributed by atoms with E-state index in [1.807, 2.05) is 0 Å². The monoisotopic (exact) mass is 259 g/mol. The number of phenols is 1. The largest absolute Gasteiger partial charge is 0.508 e. The van der Waals surface area contributed by atoms with E-state index in [0.29, 0.717) is 16.7 Å². The van der Waals surface area contributed by atoms with E-state index in [4.69, 9.17) is 0 Å². The van der Waals surface area contributed by atoms with E-state index in [1.54, 1.807) is 38.1 Å². The van der Waals surface area contributed by atoms with Crippen LogP contribution >= 0.6 is 0 Å². The molecule has 98 valence electrons. The summed E-state index contributed by atoms with van der Waals surface area (Å²) in [5, 5.41) is 12.1. The molecular formula is C15H14FNO2. The highest BCUT2D eigenvalue weighted by Gasteiger charge is 2.14. The third kappa shape index (κ3) is 2.57. The van der Waals surface area contributed by atoms with Crippen LogP contribution in [0.1, 0.15) is 21.5 Å². The molecule has 0 radical (unpaired) electrons. The quantitative estimate of drug-likeness (QED) is 0.868. The van der Waals surface area contributed by atoms with Crippen LogP contribution in [0.5, 0.6) is 5.75 Å². The summed E-state index contributed by atoms with van der Waals surface area (Å²) in [5.74, 6) is -0.884. The molecule has 0 heterocycles. The first-order chi connectivity index (χ1) is 9.00. The minimum absolute atomic E-state index is 0.0397. The van der Waals surface area contributed by atoms with Gasteiger partial charge < -0.3 is 10.4 Å². The number of halogens is 1. The van der Waals surface area contributed by atoms with E-state index in [2.05, 4.69) is 5.32 Å². The zero-order valence-electron chi connectivity index (χ0n) is 10.7. The first-order valence-electron chi connectivity index (χ1n) is 5.85. The van der Waals surface area contributed by atoms with Gasteiger partial charge in [0.2, 0.25) is 0 Å². The molecule has 0 spiro atoms. The Bertz CT molecular complexity index is 618. The van der Waals surface area contributed by atoms with Gasteiger partial charge in [0.1, 0.15) is 11.6 Å². The van der Waals surface area contributed by atoms with E-state index in [0.717, 1.165) is 0 Å². The molecule has 1 amide bonds. The lowest BCUT2D eigenvalue weighted by Crippen LogP contribution is -2.15. The molecule has 2 aromatic rings. The van der Waals surface area contributed by atoms with Gasteiger partial charge in [0.05, 0.1) is 5.69 Å². The summed E-state index contributed by atoms with van der Waals surface area (Å²) in [5.41, 5.74) is 1.60. The number of para-hydroxylation sites is 1. The lowest BCUT2D eigenvalue weighted by atomic mass is 10.1. The summed E-state index contributed by atoms with van der Waals surface area (Å²) >= 11 is 0. The molecule has 0 aliphatic carbocycles. The number of benzene rings is 2. The van der Waals surface area contributed by atoms with Crippen LogP contribution in [-0.4, -0.2) is 11.0 Å². The highest BCUT2D eigenvalue weighted by Crippen LogP contribution is 2.23. The van der Waals surface area contributed by atoms with Crippen molar-refractivity contribution in [1.82, 2.24) is 0 Å². The maximum absolute atomic E-state index is 13.6. The molecule has 0 saturated heterocycles. The molecule has 19 heavy (non-hydrogen) atoms. The number of carbonyl (C=O) groups excluding carboxylic acids is 1. The Morgan fingerprint density at radius 1 is 1.16 bits per heavy atom. The minimum Gasteiger partial charge on any atom is -0.508 e. The number of rotatable bonds is 2. The van der Waals surface area contributed by atoms with Crippen LogP contribution in [0.15, 0.2) is 36.4 Å². The Balaban J connectivity index is 2.34. The predicted molar refractivity (Wildman–Crippen MR) is 71.9 cm³/mol. The van der Waals surface area contributed by atoms with Crippen molar-refractivity contribution in [2.45, 2.75) is 13.8 Å². The highest BCUT2D eigenvalue weighted by atomic mass is 19.1. The third-order valence-electron chi connectivity index (χ3n) is 3.01. The molecule has 0 aliphatic heterocycles. The second kappa shape index (κ2) is 5.10. The van der Waals surface area contributed by atoms with Gasteiger partial charge in [-0.2, -0.15) is 0 Å². The first-order valence-corrected chi connectivity index (χ1v) is 5.85. The van der Waals surface area contributed by atoms with Crippen molar-refractivity contribution in [2.75, 3.05) is 5.32 Å². The Labute approximate surface area is 110 Å². The van der Waals surface area contributed by atoms with Crippen molar-refractivity contribution in [1.29, 1.82) is 0 Å². The molecular weight excluding hydrogens is 245 g/mol. The van der Waals surface area contributed by atoms with Gasteiger partial charge in [-0.3, -0.25) is 4.79 Å². The third-order valence-corrected chi connectivity index (χ3v) is 3.01. The molecule has 0 fully saturated rings. The second-order valence-electron chi connectivity index (χ2n) is 4.34. The van der Waals surface area contributed by atoms with Gasteiger partial charge in [0.15, 0.2) is 0 Å². The zero-order chi connectivity index (χ0) is 14.0. The van der Waals surface area contributed by atoms with Crippen LogP contribution in [0.2, 0.25) is 0 Å². The van der Waals surface area contributed by atoms with Crippen LogP contribution in [0.4, 0.5) is 10.1 Å². The Kier molecular flexibility index (Phi) is 3.51. The number of hydrogen-bond donors (Lipinski definition) is 2. The number of nitrogens with one attached hydrogen (secondary N) is 1. The van der Waals surface area contributed by atoms with Gasteiger partial charge in [-0.15, -0.1) is 0 Å². The molecule has 0 unspecified atom stereocenters. The number of phenolic OH excluding ortho intramolecular Hbond substituents is 1. The minimum atomic E-state index is -0.480. The average Bonchev–Trinajstić information content (AvgIpc) is 2.37. The van der Waals surface area contributed by atoms with Crippen LogP contribution < -0.4 is 5.32 Å². The van der Waals surface area contributed by atoms with Crippen LogP contribution in [0, 0.1) is 19.7 Å². The predicted octanol–water partition coefficient (Wildman–Crippen LogP) is 3.40. The molecule has 0 atom stereocenters.